The highest BCUT2D eigenvalue weighted by atomic mass is 16.2. The summed E-state index contributed by atoms with van der Waals surface area (Å²) in [6, 6.07) is 0.436. The summed E-state index contributed by atoms with van der Waals surface area (Å²) in [5.41, 5.74) is 0. The van der Waals surface area contributed by atoms with Crippen molar-refractivity contribution in [1.29, 1.82) is 0 Å². The monoisotopic (exact) mass is 347 g/mol. The molecule has 2 saturated heterocycles. The summed E-state index contributed by atoms with van der Waals surface area (Å²) in [4.78, 5) is 26.9. The third kappa shape index (κ3) is 5.28. The molecule has 3 rings (SSSR count). The van der Waals surface area contributed by atoms with E-state index in [1.54, 1.807) is 0 Å². The van der Waals surface area contributed by atoms with Crippen molar-refractivity contribution in [3.63, 3.8) is 0 Å². The fourth-order valence-corrected chi connectivity index (χ4v) is 4.22. The van der Waals surface area contributed by atoms with Gasteiger partial charge in [-0.25, -0.2) is 4.98 Å². The van der Waals surface area contributed by atoms with Crippen LogP contribution < -0.4 is 0 Å². The fourth-order valence-electron chi connectivity index (χ4n) is 4.22. The summed E-state index contributed by atoms with van der Waals surface area (Å²) in [6.45, 7) is 5.33. The average molecular weight is 348 g/mol. The van der Waals surface area contributed by atoms with Crippen LogP contribution in [0.15, 0.2) is 12.4 Å². The van der Waals surface area contributed by atoms with E-state index in [1.807, 2.05) is 24.3 Å². The zero-order valence-corrected chi connectivity index (χ0v) is 15.8. The zero-order valence-electron chi connectivity index (χ0n) is 15.8. The molecule has 0 bridgehead atoms. The first kappa shape index (κ1) is 18.4. The Balaban J connectivity index is 1.40. The maximum atomic E-state index is 12.6. The maximum absolute atomic E-state index is 12.6. The SMILES string of the molecule is CN1CCC(N(C)C(=O)CC[C@H]2CCCN(Cc3ncc[nH]3)C2)CC1. The largest absolute Gasteiger partial charge is 0.348 e. The van der Waals surface area contributed by atoms with Crippen molar-refractivity contribution in [3.8, 4) is 0 Å². The van der Waals surface area contributed by atoms with Gasteiger partial charge in [0.25, 0.3) is 0 Å². The summed E-state index contributed by atoms with van der Waals surface area (Å²) < 4.78 is 0. The van der Waals surface area contributed by atoms with Crippen LogP contribution in [0.3, 0.4) is 0 Å². The number of rotatable bonds is 6. The molecular formula is C19H33N5O. The van der Waals surface area contributed by atoms with Crippen LogP contribution >= 0.6 is 0 Å². The van der Waals surface area contributed by atoms with Crippen LogP contribution in [0.1, 0.15) is 44.3 Å². The number of aromatic amines is 1. The molecule has 2 aliphatic rings. The van der Waals surface area contributed by atoms with E-state index in [0.717, 1.165) is 57.8 Å². The zero-order chi connectivity index (χ0) is 17.6. The first-order valence-corrected chi connectivity index (χ1v) is 9.76. The van der Waals surface area contributed by atoms with Crippen LogP contribution in [0.4, 0.5) is 0 Å². The lowest BCUT2D eigenvalue weighted by atomic mass is 9.93. The topological polar surface area (TPSA) is 55.5 Å². The van der Waals surface area contributed by atoms with E-state index >= 15 is 0 Å². The number of piperidine rings is 2. The first-order valence-electron chi connectivity index (χ1n) is 9.76. The Kier molecular flexibility index (Phi) is 6.48. The van der Waals surface area contributed by atoms with E-state index < -0.39 is 0 Å². The van der Waals surface area contributed by atoms with E-state index in [1.165, 1.54) is 12.8 Å². The lowest BCUT2D eigenvalue weighted by Gasteiger charge is -2.36. The molecule has 25 heavy (non-hydrogen) atoms. The van der Waals surface area contributed by atoms with Gasteiger partial charge in [-0.15, -0.1) is 0 Å². The van der Waals surface area contributed by atoms with Gasteiger partial charge in [0, 0.05) is 38.4 Å². The van der Waals surface area contributed by atoms with E-state index in [2.05, 4.69) is 26.8 Å². The number of nitrogens with one attached hydrogen (secondary N) is 1. The quantitative estimate of drug-likeness (QED) is 0.855. The van der Waals surface area contributed by atoms with Crippen LogP contribution in [0.5, 0.6) is 0 Å². The van der Waals surface area contributed by atoms with E-state index in [4.69, 9.17) is 0 Å². The molecule has 1 aromatic heterocycles. The average Bonchev–Trinajstić information content (AvgIpc) is 3.13. The number of hydrogen-bond acceptors (Lipinski definition) is 4. The van der Waals surface area contributed by atoms with Crippen LogP contribution in [0.2, 0.25) is 0 Å². The summed E-state index contributed by atoms with van der Waals surface area (Å²) >= 11 is 0. The number of nitrogens with zero attached hydrogens (tertiary/aromatic N) is 4. The lowest BCUT2D eigenvalue weighted by Crippen LogP contribution is -2.44. The number of hydrogen-bond donors (Lipinski definition) is 1. The second-order valence-corrected chi connectivity index (χ2v) is 7.86. The predicted molar refractivity (Wildman–Crippen MR) is 99.1 cm³/mol. The Morgan fingerprint density at radius 3 is 2.84 bits per heavy atom. The standard InChI is InChI=1S/C19H33N5O/c1-22-12-7-17(8-13-22)23(2)19(25)6-5-16-4-3-11-24(14-16)15-18-20-9-10-21-18/h9-10,16-17H,3-8,11-15H2,1-2H3,(H,20,21)/t16-/m1/s1. The first-order chi connectivity index (χ1) is 12.1. The lowest BCUT2D eigenvalue weighted by molar-refractivity contribution is -0.133. The van der Waals surface area contributed by atoms with Crippen LogP contribution in [0, 0.1) is 5.92 Å². The van der Waals surface area contributed by atoms with E-state index in [0.29, 0.717) is 24.3 Å². The van der Waals surface area contributed by atoms with Crippen molar-refractivity contribution in [2.75, 3.05) is 40.3 Å². The molecule has 140 valence electrons. The number of carbonyl (C=O) groups is 1. The Bertz CT molecular complexity index is 524. The second kappa shape index (κ2) is 8.81. The van der Waals surface area contributed by atoms with Gasteiger partial charge >= 0.3 is 0 Å². The van der Waals surface area contributed by atoms with Crippen molar-refractivity contribution >= 4 is 5.91 Å². The smallest absolute Gasteiger partial charge is 0.222 e. The minimum Gasteiger partial charge on any atom is -0.348 e. The van der Waals surface area contributed by atoms with Crippen LogP contribution in [-0.2, 0) is 11.3 Å². The molecule has 0 unspecified atom stereocenters. The van der Waals surface area contributed by atoms with Crippen LogP contribution in [0.25, 0.3) is 0 Å². The molecule has 1 atom stereocenters. The maximum Gasteiger partial charge on any atom is 0.222 e. The van der Waals surface area contributed by atoms with Gasteiger partial charge in [-0.2, -0.15) is 0 Å². The Hall–Kier alpha value is -1.40. The number of amides is 1. The second-order valence-electron chi connectivity index (χ2n) is 7.86. The minimum atomic E-state index is 0.331. The minimum absolute atomic E-state index is 0.331. The number of carbonyl (C=O) groups excluding carboxylic acids is 1. The van der Waals surface area contributed by atoms with E-state index in [-0.39, 0.29) is 0 Å². The molecule has 0 saturated carbocycles. The highest BCUT2D eigenvalue weighted by molar-refractivity contribution is 5.76. The van der Waals surface area contributed by atoms with Gasteiger partial charge in [-0.1, -0.05) is 0 Å². The molecule has 2 aliphatic heterocycles. The number of likely N-dealkylation sites (tertiary alicyclic amines) is 2. The van der Waals surface area contributed by atoms with Crippen molar-refractivity contribution in [2.24, 2.45) is 5.92 Å². The van der Waals surface area contributed by atoms with Gasteiger partial charge in [0.2, 0.25) is 5.91 Å². The Morgan fingerprint density at radius 1 is 1.32 bits per heavy atom. The molecule has 1 N–H and O–H groups in total. The molecule has 2 fully saturated rings. The third-order valence-electron chi connectivity index (χ3n) is 5.93. The van der Waals surface area contributed by atoms with Gasteiger partial charge in [0.05, 0.1) is 6.54 Å². The molecular weight excluding hydrogens is 314 g/mol. The van der Waals surface area contributed by atoms with Gasteiger partial charge in [0.1, 0.15) is 5.82 Å². The van der Waals surface area contributed by atoms with Crippen molar-refractivity contribution in [1.82, 2.24) is 24.7 Å². The van der Waals surface area contributed by atoms with Gasteiger partial charge < -0.3 is 14.8 Å². The van der Waals surface area contributed by atoms with Gasteiger partial charge in [-0.05, 0) is 64.7 Å². The predicted octanol–water partition coefficient (Wildman–Crippen LogP) is 1.95. The van der Waals surface area contributed by atoms with Gasteiger partial charge in [-0.3, -0.25) is 9.69 Å². The van der Waals surface area contributed by atoms with Crippen molar-refractivity contribution in [2.45, 2.75) is 51.1 Å². The molecule has 3 heterocycles. The normalized spacial score (nSPS) is 23.7. The van der Waals surface area contributed by atoms with E-state index in [9.17, 15) is 4.79 Å². The summed E-state index contributed by atoms with van der Waals surface area (Å²) in [7, 11) is 4.16. The molecule has 0 spiro atoms. The van der Waals surface area contributed by atoms with Gasteiger partial charge in [0.15, 0.2) is 0 Å². The Labute approximate surface area is 151 Å². The summed E-state index contributed by atoms with van der Waals surface area (Å²) in [5, 5.41) is 0. The summed E-state index contributed by atoms with van der Waals surface area (Å²) in [6.07, 6.45) is 10.1. The number of imidazole rings is 1. The number of H-pyrrole nitrogens is 1. The highest BCUT2D eigenvalue weighted by Gasteiger charge is 2.25. The summed E-state index contributed by atoms with van der Waals surface area (Å²) in [5.74, 6) is 2.01. The Morgan fingerprint density at radius 2 is 2.12 bits per heavy atom. The molecule has 1 amide bonds. The molecule has 1 aromatic rings. The van der Waals surface area contributed by atoms with Crippen molar-refractivity contribution < 1.29 is 4.79 Å². The molecule has 0 radical (unpaired) electrons. The molecule has 6 nitrogen and oxygen atoms in total. The van der Waals surface area contributed by atoms with Crippen molar-refractivity contribution in [3.05, 3.63) is 18.2 Å². The number of aromatic nitrogens is 2. The third-order valence-corrected chi connectivity index (χ3v) is 5.93. The molecule has 0 aromatic carbocycles. The molecule has 6 heteroatoms. The highest BCUT2D eigenvalue weighted by Crippen LogP contribution is 2.23. The van der Waals surface area contributed by atoms with Crippen LogP contribution in [-0.4, -0.2) is 76.9 Å². The fraction of sp³-hybridized carbons (Fsp3) is 0.789. The molecule has 0 aliphatic carbocycles.